The predicted octanol–water partition coefficient (Wildman–Crippen LogP) is 2.35. The van der Waals surface area contributed by atoms with Gasteiger partial charge in [0.05, 0.1) is 12.1 Å². The molecule has 1 aliphatic carbocycles. The van der Waals surface area contributed by atoms with Crippen molar-refractivity contribution in [2.24, 2.45) is 0 Å². The lowest BCUT2D eigenvalue weighted by molar-refractivity contribution is -0.0102. The third-order valence-corrected chi connectivity index (χ3v) is 4.82. The highest BCUT2D eigenvalue weighted by molar-refractivity contribution is 6.25. The molecule has 0 radical (unpaired) electrons. The molecule has 2 aliphatic rings. The molecule has 0 unspecified atom stereocenters. The molecule has 4 heteroatoms. The van der Waals surface area contributed by atoms with E-state index in [1.54, 1.807) is 12.1 Å². The Balaban J connectivity index is 1.97. The van der Waals surface area contributed by atoms with Gasteiger partial charge in [0.2, 0.25) is 0 Å². The quantitative estimate of drug-likeness (QED) is 0.860. The van der Waals surface area contributed by atoms with Crippen molar-refractivity contribution >= 4 is 22.6 Å². The van der Waals surface area contributed by atoms with E-state index in [1.807, 2.05) is 24.3 Å². The van der Waals surface area contributed by atoms with E-state index in [2.05, 4.69) is 0 Å². The molecule has 1 N–H and O–H groups in total. The van der Waals surface area contributed by atoms with Gasteiger partial charge in [-0.1, -0.05) is 24.3 Å². The Hall–Kier alpha value is -2.20. The summed E-state index contributed by atoms with van der Waals surface area (Å²) in [6.07, 6.45) is 2.29. The van der Waals surface area contributed by atoms with Crippen LogP contribution in [-0.2, 0) is 0 Å². The number of imide groups is 1. The molecule has 0 spiro atoms. The third-order valence-electron chi connectivity index (χ3n) is 4.82. The van der Waals surface area contributed by atoms with Crippen LogP contribution in [0, 0.1) is 0 Å². The number of hydrogen-bond acceptors (Lipinski definition) is 3. The maximum absolute atomic E-state index is 12.8. The van der Waals surface area contributed by atoms with Gasteiger partial charge in [0.1, 0.15) is 0 Å². The molecule has 0 saturated heterocycles. The zero-order valence-electron chi connectivity index (χ0n) is 11.5. The van der Waals surface area contributed by atoms with Crippen LogP contribution in [0.1, 0.15) is 40.0 Å². The molecular weight excluding hydrogens is 266 g/mol. The average molecular weight is 281 g/mol. The van der Waals surface area contributed by atoms with Gasteiger partial charge in [-0.25, -0.2) is 0 Å². The van der Waals surface area contributed by atoms with Crippen LogP contribution in [0.2, 0.25) is 0 Å². The minimum absolute atomic E-state index is 0.164. The summed E-state index contributed by atoms with van der Waals surface area (Å²) in [6.45, 7) is -0.164. The Morgan fingerprint density at radius 2 is 1.57 bits per heavy atom. The van der Waals surface area contributed by atoms with E-state index in [0.717, 1.165) is 17.2 Å². The van der Waals surface area contributed by atoms with E-state index in [9.17, 15) is 14.7 Å². The molecule has 1 saturated carbocycles. The molecule has 21 heavy (non-hydrogen) atoms. The average Bonchev–Trinajstić information content (AvgIpc) is 2.47. The SMILES string of the molecule is O=C1c2cccc3cccc(c23)C(=O)N1C1(CO)CCC1. The zero-order chi connectivity index (χ0) is 14.6. The number of aliphatic hydroxyl groups excluding tert-OH is 1. The van der Waals surface area contributed by atoms with E-state index >= 15 is 0 Å². The first-order valence-corrected chi connectivity index (χ1v) is 7.19. The summed E-state index contributed by atoms with van der Waals surface area (Å²) in [5.74, 6) is -0.559. The molecule has 4 rings (SSSR count). The Morgan fingerprint density at radius 1 is 1.00 bits per heavy atom. The topological polar surface area (TPSA) is 57.6 Å². The van der Waals surface area contributed by atoms with Crippen LogP contribution < -0.4 is 0 Å². The first-order chi connectivity index (χ1) is 10.2. The second-order valence-electron chi connectivity index (χ2n) is 5.89. The van der Waals surface area contributed by atoms with Gasteiger partial charge < -0.3 is 5.11 Å². The zero-order valence-corrected chi connectivity index (χ0v) is 11.5. The molecule has 1 fully saturated rings. The molecular formula is C17H15NO3. The second-order valence-corrected chi connectivity index (χ2v) is 5.89. The Morgan fingerprint density at radius 3 is 2.00 bits per heavy atom. The number of hydrogen-bond donors (Lipinski definition) is 1. The fraction of sp³-hybridized carbons (Fsp3) is 0.294. The summed E-state index contributed by atoms with van der Waals surface area (Å²) in [7, 11) is 0. The number of carbonyl (C=O) groups excluding carboxylic acids is 2. The molecule has 0 aromatic heterocycles. The van der Waals surface area contributed by atoms with Crippen molar-refractivity contribution in [3.63, 3.8) is 0 Å². The molecule has 1 heterocycles. The molecule has 2 amide bonds. The van der Waals surface area contributed by atoms with Gasteiger partial charge in [-0.2, -0.15) is 0 Å². The fourth-order valence-electron chi connectivity index (χ4n) is 3.50. The maximum atomic E-state index is 12.8. The number of amides is 2. The van der Waals surface area contributed by atoms with E-state index in [0.29, 0.717) is 24.0 Å². The van der Waals surface area contributed by atoms with Crippen molar-refractivity contribution in [1.29, 1.82) is 0 Å². The van der Waals surface area contributed by atoms with Crippen LogP contribution in [0.4, 0.5) is 0 Å². The maximum Gasteiger partial charge on any atom is 0.261 e. The highest BCUT2D eigenvalue weighted by Gasteiger charge is 2.50. The Bertz CT molecular complexity index is 720. The largest absolute Gasteiger partial charge is 0.394 e. The van der Waals surface area contributed by atoms with Gasteiger partial charge >= 0.3 is 0 Å². The summed E-state index contributed by atoms with van der Waals surface area (Å²) >= 11 is 0. The van der Waals surface area contributed by atoms with Crippen molar-refractivity contribution in [2.45, 2.75) is 24.8 Å². The number of carbonyl (C=O) groups is 2. The van der Waals surface area contributed by atoms with Gasteiger partial charge in [0.15, 0.2) is 0 Å². The van der Waals surface area contributed by atoms with Crippen LogP contribution in [0.3, 0.4) is 0 Å². The monoisotopic (exact) mass is 281 g/mol. The molecule has 2 aromatic rings. The summed E-state index contributed by atoms with van der Waals surface area (Å²) in [5.41, 5.74) is 0.411. The molecule has 0 bridgehead atoms. The molecule has 106 valence electrons. The molecule has 4 nitrogen and oxygen atoms in total. The minimum atomic E-state index is -0.705. The van der Waals surface area contributed by atoms with E-state index < -0.39 is 5.54 Å². The van der Waals surface area contributed by atoms with Crippen LogP contribution in [0.25, 0.3) is 10.8 Å². The molecule has 0 atom stereocenters. The Labute approximate surface area is 122 Å². The van der Waals surface area contributed by atoms with Gasteiger partial charge in [-0.15, -0.1) is 0 Å². The van der Waals surface area contributed by atoms with E-state index in [-0.39, 0.29) is 18.4 Å². The first-order valence-electron chi connectivity index (χ1n) is 7.19. The lowest BCUT2D eigenvalue weighted by atomic mass is 9.74. The van der Waals surface area contributed by atoms with Crippen molar-refractivity contribution in [1.82, 2.24) is 4.90 Å². The summed E-state index contributed by atoms with van der Waals surface area (Å²) in [4.78, 5) is 26.9. The minimum Gasteiger partial charge on any atom is -0.394 e. The van der Waals surface area contributed by atoms with Gasteiger partial charge in [-0.05, 0) is 36.8 Å². The third kappa shape index (κ3) is 1.48. The molecule has 1 aliphatic heterocycles. The van der Waals surface area contributed by atoms with Crippen LogP contribution >= 0.6 is 0 Å². The highest BCUT2D eigenvalue weighted by Crippen LogP contribution is 2.42. The second kappa shape index (κ2) is 4.15. The summed E-state index contributed by atoms with van der Waals surface area (Å²) < 4.78 is 0. The van der Waals surface area contributed by atoms with Gasteiger partial charge in [0.25, 0.3) is 11.8 Å². The number of aliphatic hydroxyl groups is 1. The highest BCUT2D eigenvalue weighted by atomic mass is 16.3. The predicted molar refractivity (Wildman–Crippen MR) is 78.1 cm³/mol. The van der Waals surface area contributed by atoms with Crippen LogP contribution in [-0.4, -0.2) is 34.0 Å². The first kappa shape index (κ1) is 12.5. The Kier molecular flexibility index (Phi) is 2.48. The van der Waals surface area contributed by atoms with Crippen molar-refractivity contribution in [3.05, 3.63) is 47.5 Å². The summed E-state index contributed by atoms with van der Waals surface area (Å²) in [6, 6.07) is 11.0. The number of nitrogens with zero attached hydrogens (tertiary/aromatic N) is 1. The standard InChI is InChI=1S/C17H15NO3/c19-10-17(8-3-9-17)18-15(20)12-6-1-4-11-5-2-7-13(14(11)12)16(18)21/h1-2,4-7,19H,3,8-10H2. The fourth-order valence-corrected chi connectivity index (χ4v) is 3.50. The van der Waals surface area contributed by atoms with Gasteiger partial charge in [0, 0.05) is 16.5 Å². The number of rotatable bonds is 2. The van der Waals surface area contributed by atoms with E-state index in [1.165, 1.54) is 4.90 Å². The lowest BCUT2D eigenvalue weighted by Gasteiger charge is -2.49. The smallest absolute Gasteiger partial charge is 0.261 e. The van der Waals surface area contributed by atoms with Crippen molar-refractivity contribution in [3.8, 4) is 0 Å². The van der Waals surface area contributed by atoms with Crippen molar-refractivity contribution in [2.75, 3.05) is 6.61 Å². The summed E-state index contributed by atoms with van der Waals surface area (Å²) in [5, 5.41) is 11.4. The van der Waals surface area contributed by atoms with Gasteiger partial charge in [-0.3, -0.25) is 14.5 Å². The number of benzene rings is 2. The van der Waals surface area contributed by atoms with Crippen molar-refractivity contribution < 1.29 is 14.7 Å². The normalized spacial score (nSPS) is 19.8. The van der Waals surface area contributed by atoms with Crippen LogP contribution in [0.15, 0.2) is 36.4 Å². The van der Waals surface area contributed by atoms with E-state index in [4.69, 9.17) is 0 Å². The van der Waals surface area contributed by atoms with Crippen LogP contribution in [0.5, 0.6) is 0 Å². The molecule has 2 aromatic carbocycles. The lowest BCUT2D eigenvalue weighted by Crippen LogP contribution is -2.61.